The summed E-state index contributed by atoms with van der Waals surface area (Å²) >= 11 is 0. The Bertz CT molecular complexity index is 1510. The van der Waals surface area contributed by atoms with Gasteiger partial charge in [0.1, 0.15) is 0 Å². The van der Waals surface area contributed by atoms with E-state index in [2.05, 4.69) is 194 Å². The maximum atomic E-state index is 5.80. The summed E-state index contributed by atoms with van der Waals surface area (Å²) < 4.78 is 53.5. The van der Waals surface area contributed by atoms with Gasteiger partial charge in [0.05, 0.1) is 72.7 Å². The molecule has 13 unspecified atom stereocenters. The third-order valence-corrected chi connectivity index (χ3v) is 22.0. The van der Waals surface area contributed by atoms with Gasteiger partial charge in [0.15, 0.2) is 0 Å². The number of hydrogen-bond donors (Lipinski definition) is 0. The van der Waals surface area contributed by atoms with E-state index < -0.39 is 0 Å². The van der Waals surface area contributed by atoms with Crippen LogP contribution in [0.1, 0.15) is 361 Å². The molecular weight excluding hydrogens is 1190 g/mol. The quantitative estimate of drug-likeness (QED) is 0.0823. The molecular formula is C86H182O10. The van der Waals surface area contributed by atoms with E-state index in [4.69, 9.17) is 47.4 Å². The first kappa shape index (κ1) is 104. The minimum Gasteiger partial charge on any atom is -0.381 e. The molecule has 0 heterocycles. The SMILES string of the molecule is CC(C)C(C)OC(C)(C)C.CC(C)OC(C)C(C)C.CCC(C)C(C)OC.CCOC(C)C(C)C.CCOC1CCCC(C2CCCCC2)C1.COC(C)C(C)C.COC(C)C(C)C(C)C.COC(C)C1CCCC1.COC(C)C1CCCCC1.COC(C)C1CCCCCC1. The first-order chi connectivity index (χ1) is 45.0. The Morgan fingerprint density at radius 2 is 0.667 bits per heavy atom. The van der Waals surface area contributed by atoms with Crippen LogP contribution in [0.3, 0.4) is 0 Å². The number of rotatable bonds is 25. The van der Waals surface area contributed by atoms with Crippen LogP contribution < -0.4 is 0 Å². The second-order valence-electron chi connectivity index (χ2n) is 32.7. The van der Waals surface area contributed by atoms with Gasteiger partial charge in [0, 0.05) is 55.9 Å². The van der Waals surface area contributed by atoms with Crippen LogP contribution in [0.2, 0.25) is 0 Å². The van der Waals surface area contributed by atoms with Crippen LogP contribution in [-0.2, 0) is 47.4 Å². The molecule has 5 aliphatic carbocycles. The van der Waals surface area contributed by atoms with Gasteiger partial charge < -0.3 is 47.4 Å². The normalized spacial score (nSPS) is 21.6. The number of hydrogen-bond acceptors (Lipinski definition) is 10. The lowest BCUT2D eigenvalue weighted by Gasteiger charge is -2.36. The Kier molecular flexibility index (Phi) is 72.2. The summed E-state index contributed by atoms with van der Waals surface area (Å²) in [5, 5.41) is 0. The molecule has 0 amide bonds. The highest BCUT2D eigenvalue weighted by Gasteiger charge is 2.30. The lowest BCUT2D eigenvalue weighted by Crippen LogP contribution is -2.28. The van der Waals surface area contributed by atoms with Crippen LogP contribution >= 0.6 is 0 Å². The second kappa shape index (κ2) is 66.5. The summed E-state index contributed by atoms with van der Waals surface area (Å²) in [6, 6.07) is 0. The summed E-state index contributed by atoms with van der Waals surface area (Å²) in [6.45, 7) is 63.9. The molecule has 5 rings (SSSR count). The van der Waals surface area contributed by atoms with Gasteiger partial charge in [-0.15, -0.1) is 0 Å². The van der Waals surface area contributed by atoms with Crippen LogP contribution in [0.4, 0.5) is 0 Å². The van der Waals surface area contributed by atoms with Crippen molar-refractivity contribution in [3.8, 4) is 0 Å². The van der Waals surface area contributed by atoms with Crippen LogP contribution in [0, 0.1) is 71.0 Å². The predicted octanol–water partition coefficient (Wildman–Crippen LogP) is 25.4. The van der Waals surface area contributed by atoms with Crippen LogP contribution in [0.15, 0.2) is 0 Å². The van der Waals surface area contributed by atoms with Gasteiger partial charge in [-0.25, -0.2) is 0 Å². The zero-order chi connectivity index (χ0) is 74.9. The summed E-state index contributed by atoms with van der Waals surface area (Å²) in [4.78, 5) is 0. The van der Waals surface area contributed by atoms with Gasteiger partial charge in [0.25, 0.3) is 0 Å². The fourth-order valence-corrected chi connectivity index (χ4v) is 12.3. The van der Waals surface area contributed by atoms with Crippen molar-refractivity contribution in [2.24, 2.45) is 71.0 Å². The summed E-state index contributed by atoms with van der Waals surface area (Å²) in [5.41, 5.74) is 0.00366. The van der Waals surface area contributed by atoms with Crippen LogP contribution in [-0.4, -0.2) is 129 Å². The second-order valence-corrected chi connectivity index (χ2v) is 32.7. The smallest absolute Gasteiger partial charge is 0.0602 e. The molecule has 13 atom stereocenters. The third kappa shape index (κ3) is 61.1. The van der Waals surface area contributed by atoms with Crippen molar-refractivity contribution < 1.29 is 47.4 Å². The first-order valence-corrected chi connectivity index (χ1v) is 40.7. The minimum atomic E-state index is 0.00366. The Morgan fingerprint density at radius 1 is 0.323 bits per heavy atom. The average Bonchev–Trinajstić information content (AvgIpc) is 1.21. The van der Waals surface area contributed by atoms with E-state index >= 15 is 0 Å². The van der Waals surface area contributed by atoms with Gasteiger partial charge in [0.2, 0.25) is 0 Å². The van der Waals surface area contributed by atoms with Gasteiger partial charge in [-0.05, 0) is 240 Å². The van der Waals surface area contributed by atoms with Crippen molar-refractivity contribution in [1.29, 1.82) is 0 Å². The molecule has 0 aromatic rings. The van der Waals surface area contributed by atoms with E-state index in [1.807, 2.05) is 28.3 Å². The Labute approximate surface area is 605 Å². The highest BCUT2D eigenvalue weighted by molar-refractivity contribution is 4.81. The maximum Gasteiger partial charge on any atom is 0.0602 e. The average molecular weight is 1380 g/mol. The van der Waals surface area contributed by atoms with Crippen molar-refractivity contribution in [3.63, 3.8) is 0 Å². The summed E-state index contributed by atoms with van der Waals surface area (Å²) in [7, 11) is 10.7. The summed E-state index contributed by atoms with van der Waals surface area (Å²) in [6.07, 6.45) is 40.1. The lowest BCUT2D eigenvalue weighted by atomic mass is 9.73. The Morgan fingerprint density at radius 3 is 0.896 bits per heavy atom. The van der Waals surface area contributed by atoms with Gasteiger partial charge in [-0.2, -0.15) is 0 Å². The highest BCUT2D eigenvalue weighted by Crippen LogP contribution is 2.39. The topological polar surface area (TPSA) is 92.3 Å². The monoisotopic (exact) mass is 1380 g/mol. The van der Waals surface area contributed by atoms with Crippen LogP contribution in [0.5, 0.6) is 0 Å². The molecule has 586 valence electrons. The molecule has 0 radical (unpaired) electrons. The minimum absolute atomic E-state index is 0.00366. The molecule has 0 aromatic heterocycles. The van der Waals surface area contributed by atoms with Crippen molar-refractivity contribution in [2.75, 3.05) is 55.9 Å². The van der Waals surface area contributed by atoms with E-state index in [9.17, 15) is 0 Å². The standard InChI is InChI=1S/C14H26O.C10H20O.C9H18O.C9H20O.C8H16O.2C8H18O.2C7H16O.C6H14O/c1-2-15-14-10-6-9-13(11-14)12-7-4-3-5-8-12;1-9(11-2)10-7-5-3-4-6-8-10;1-8(10-2)9-6-4-3-5-7-9;1-7(2)8(3)10-9(4,5)6;1-7(9-2)8-5-3-4-6-8;1-6(2)7(3)8(4)9-5;1-6(2)8(5)9-7(3)4;1-5-6(2)7(3)8-4;1-5-8-7(4)6(2)3;1-5(2)6(3)7-4/h12-14H,2-11H2,1H3;9-10H,3-8H2,1-2H3;8-9H,3-7H2,1-2H3;7-8H,1-6H3;7-8H,3-6H2,1-2H3;2*6-8H,1-5H3;2*6-7H,5H2,1-4H3;5-6H,1-4H3. The highest BCUT2D eigenvalue weighted by atomic mass is 16.5. The molecule has 96 heavy (non-hydrogen) atoms. The van der Waals surface area contributed by atoms with Crippen molar-refractivity contribution in [2.45, 2.75) is 434 Å². The van der Waals surface area contributed by atoms with Gasteiger partial charge in [-0.1, -0.05) is 193 Å². The fourth-order valence-electron chi connectivity index (χ4n) is 12.3. The first-order valence-electron chi connectivity index (χ1n) is 40.7. The van der Waals surface area contributed by atoms with Gasteiger partial charge >= 0.3 is 0 Å². The zero-order valence-electron chi connectivity index (χ0n) is 72.0. The van der Waals surface area contributed by atoms with E-state index in [0.717, 1.165) is 48.7 Å². The molecule has 5 aliphatic rings. The van der Waals surface area contributed by atoms with Gasteiger partial charge in [-0.3, -0.25) is 0 Å². The zero-order valence-corrected chi connectivity index (χ0v) is 72.0. The Balaban J connectivity index is -0.000000322. The predicted molar refractivity (Wildman–Crippen MR) is 422 cm³/mol. The molecule has 5 saturated carbocycles. The fraction of sp³-hybridized carbons (Fsp3) is 1.00. The largest absolute Gasteiger partial charge is 0.381 e. The molecule has 0 aliphatic heterocycles. The van der Waals surface area contributed by atoms with Crippen molar-refractivity contribution in [1.82, 2.24) is 0 Å². The molecule has 10 nitrogen and oxygen atoms in total. The number of ether oxygens (including phenoxy) is 10. The van der Waals surface area contributed by atoms with E-state index in [1.165, 1.54) is 161 Å². The van der Waals surface area contributed by atoms with E-state index in [-0.39, 0.29) is 5.60 Å². The lowest BCUT2D eigenvalue weighted by molar-refractivity contribution is -0.0698. The molecule has 0 aromatic carbocycles. The molecule has 10 heteroatoms. The van der Waals surface area contributed by atoms with Crippen LogP contribution in [0.25, 0.3) is 0 Å². The number of methoxy groups -OCH3 is 6. The van der Waals surface area contributed by atoms with Crippen molar-refractivity contribution in [3.05, 3.63) is 0 Å². The van der Waals surface area contributed by atoms with Crippen molar-refractivity contribution >= 4 is 0 Å². The Hall–Kier alpha value is -0.400. The molecule has 0 N–H and O–H groups in total. The molecule has 0 bridgehead atoms. The molecule has 5 fully saturated rings. The van der Waals surface area contributed by atoms with E-state index in [1.54, 1.807) is 21.3 Å². The molecule has 0 spiro atoms. The van der Waals surface area contributed by atoms with E-state index in [0.29, 0.717) is 103 Å². The molecule has 0 saturated heterocycles. The summed E-state index contributed by atoms with van der Waals surface area (Å²) in [5.74, 6) is 9.19. The third-order valence-electron chi connectivity index (χ3n) is 22.0. The maximum absolute atomic E-state index is 5.80.